The van der Waals surface area contributed by atoms with E-state index in [0.717, 1.165) is 28.7 Å². The van der Waals surface area contributed by atoms with E-state index in [1.54, 1.807) is 0 Å². The van der Waals surface area contributed by atoms with E-state index in [0.29, 0.717) is 11.5 Å². The molecule has 0 saturated carbocycles. The van der Waals surface area contributed by atoms with Crippen molar-refractivity contribution in [1.29, 1.82) is 5.26 Å². The van der Waals surface area contributed by atoms with Crippen LogP contribution in [-0.2, 0) is 6.42 Å². The number of allylic oxidation sites excluding steroid dienone is 9. The van der Waals surface area contributed by atoms with Crippen LogP contribution < -0.4 is 0 Å². The average molecular weight is 426 g/mol. The number of nitrogens with zero attached hydrogens (tertiary/aromatic N) is 1. The lowest BCUT2D eigenvalue weighted by Crippen LogP contribution is -2.20. The molecular weight excluding hydrogens is 386 g/mol. The van der Waals surface area contributed by atoms with Crippen molar-refractivity contribution in [2.24, 2.45) is 11.3 Å². The van der Waals surface area contributed by atoms with Crippen molar-refractivity contribution in [2.45, 2.75) is 61.8 Å². The first-order valence-electron chi connectivity index (χ1n) is 11.2. The molecule has 0 saturated heterocycles. The van der Waals surface area contributed by atoms with Crippen LogP contribution in [0.2, 0.25) is 0 Å². The predicted octanol–water partition coefficient (Wildman–Crippen LogP) is 8.95. The number of hydrogen-bond donors (Lipinski definition) is 0. The monoisotopic (exact) mass is 425 g/mol. The second-order valence-corrected chi connectivity index (χ2v) is 9.46. The quantitative estimate of drug-likeness (QED) is 0.232. The van der Waals surface area contributed by atoms with Gasteiger partial charge in [-0.15, -0.1) is 5.73 Å². The van der Waals surface area contributed by atoms with E-state index in [2.05, 4.69) is 104 Å². The first-order valence-corrected chi connectivity index (χ1v) is 11.2. The Labute approximate surface area is 196 Å². The topological polar surface area (TPSA) is 23.8 Å². The van der Waals surface area contributed by atoms with Crippen LogP contribution in [0, 0.1) is 29.6 Å². The standard InChI is InChI=1S/C31H39N/c1-12-25(13-2)30-19-27(18-24(8)31(9,10)11)29(17-23(30)7)22(6)16-21(5)28(15-4)26(14-3)20-32/h12-13,15-17,19,24H,1,3,5,18H2,2,4,6-11H3/b22-16+,25-13+,28-15+. The Hall–Kier alpha value is -3.07. The van der Waals surface area contributed by atoms with Gasteiger partial charge in [0.2, 0.25) is 0 Å². The van der Waals surface area contributed by atoms with Crippen LogP contribution in [-0.4, -0.2) is 0 Å². The highest BCUT2D eigenvalue weighted by atomic mass is 14.3. The van der Waals surface area contributed by atoms with Crippen molar-refractivity contribution in [3.05, 3.63) is 101 Å². The molecule has 0 spiro atoms. The van der Waals surface area contributed by atoms with E-state index in [1.807, 2.05) is 19.1 Å². The van der Waals surface area contributed by atoms with Gasteiger partial charge in [-0.3, -0.25) is 0 Å². The van der Waals surface area contributed by atoms with Gasteiger partial charge in [-0.2, -0.15) is 5.26 Å². The fourth-order valence-corrected chi connectivity index (χ4v) is 3.72. The van der Waals surface area contributed by atoms with Gasteiger partial charge in [-0.25, -0.2) is 0 Å². The average Bonchev–Trinajstić information content (AvgIpc) is 2.73. The summed E-state index contributed by atoms with van der Waals surface area (Å²) in [5.41, 5.74) is 12.2. The number of aryl methyl sites for hydroxylation is 1. The van der Waals surface area contributed by atoms with Gasteiger partial charge in [0.1, 0.15) is 11.6 Å². The molecule has 0 aliphatic carbocycles. The second-order valence-electron chi connectivity index (χ2n) is 9.46. The number of nitriles is 1. The zero-order valence-electron chi connectivity index (χ0n) is 21.3. The van der Waals surface area contributed by atoms with E-state index in [-0.39, 0.29) is 5.41 Å². The molecule has 1 unspecified atom stereocenters. The molecule has 0 aliphatic rings. The molecule has 1 rings (SSSR count). The second kappa shape index (κ2) is 11.5. The molecule has 168 valence electrons. The van der Waals surface area contributed by atoms with Gasteiger partial charge in [0.25, 0.3) is 0 Å². The van der Waals surface area contributed by atoms with Crippen molar-refractivity contribution in [3.63, 3.8) is 0 Å². The lowest BCUT2D eigenvalue weighted by atomic mass is 9.76. The molecule has 0 aliphatic heterocycles. The van der Waals surface area contributed by atoms with E-state index in [9.17, 15) is 5.26 Å². The van der Waals surface area contributed by atoms with Crippen LogP contribution in [0.4, 0.5) is 0 Å². The zero-order valence-corrected chi connectivity index (χ0v) is 21.3. The van der Waals surface area contributed by atoms with E-state index in [1.165, 1.54) is 22.3 Å². The maximum Gasteiger partial charge on any atom is 0.108 e. The summed E-state index contributed by atoms with van der Waals surface area (Å²) in [6.07, 6.45) is 8.97. The van der Waals surface area contributed by atoms with Gasteiger partial charge in [-0.1, -0.05) is 83.9 Å². The molecule has 0 fully saturated rings. The molecule has 0 amide bonds. The summed E-state index contributed by atoms with van der Waals surface area (Å²) >= 11 is 0. The minimum Gasteiger partial charge on any atom is -0.192 e. The Kier molecular flexibility index (Phi) is 9.71. The maximum atomic E-state index is 9.41. The predicted molar refractivity (Wildman–Crippen MR) is 142 cm³/mol. The Morgan fingerprint density at radius 1 is 1.16 bits per heavy atom. The fraction of sp³-hybridized carbons (Fsp3) is 0.355. The molecule has 0 bridgehead atoms. The first kappa shape index (κ1) is 27.0. The lowest BCUT2D eigenvalue weighted by Gasteiger charge is -2.29. The summed E-state index contributed by atoms with van der Waals surface area (Å²) in [5.74, 6) is 0.505. The lowest BCUT2D eigenvalue weighted by molar-refractivity contribution is 0.260. The van der Waals surface area contributed by atoms with Crippen molar-refractivity contribution >= 4 is 11.1 Å². The Bertz CT molecular complexity index is 1060. The summed E-state index contributed by atoms with van der Waals surface area (Å²) in [4.78, 5) is 0. The van der Waals surface area contributed by atoms with Crippen LogP contribution in [0.25, 0.3) is 11.1 Å². The van der Waals surface area contributed by atoms with Gasteiger partial charge in [0.15, 0.2) is 0 Å². The molecule has 1 aromatic rings. The number of rotatable bonds is 8. The van der Waals surface area contributed by atoms with Crippen LogP contribution in [0.1, 0.15) is 70.7 Å². The molecule has 32 heavy (non-hydrogen) atoms. The molecule has 0 N–H and O–H groups in total. The van der Waals surface area contributed by atoms with Gasteiger partial charge in [-0.05, 0) is 84.4 Å². The van der Waals surface area contributed by atoms with Crippen molar-refractivity contribution in [1.82, 2.24) is 0 Å². The van der Waals surface area contributed by atoms with Gasteiger partial charge in [0, 0.05) is 5.57 Å². The molecule has 1 atom stereocenters. The molecule has 1 nitrogen and oxygen atoms in total. The van der Waals surface area contributed by atoms with Crippen LogP contribution in [0.15, 0.2) is 78.6 Å². The third kappa shape index (κ3) is 6.46. The fourth-order valence-electron chi connectivity index (χ4n) is 3.72. The van der Waals surface area contributed by atoms with E-state index >= 15 is 0 Å². The summed E-state index contributed by atoms with van der Waals surface area (Å²) in [5, 5.41) is 9.41. The number of hydrogen-bond acceptors (Lipinski definition) is 1. The molecule has 0 aromatic heterocycles. The van der Waals surface area contributed by atoms with E-state index < -0.39 is 0 Å². The van der Waals surface area contributed by atoms with E-state index in [4.69, 9.17) is 0 Å². The molecule has 1 heteroatoms. The molecule has 1 aromatic carbocycles. The molecule has 0 heterocycles. The molecule has 0 radical (unpaired) electrons. The highest BCUT2D eigenvalue weighted by Gasteiger charge is 2.22. The highest BCUT2D eigenvalue weighted by Crippen LogP contribution is 2.35. The Morgan fingerprint density at radius 3 is 2.22 bits per heavy atom. The van der Waals surface area contributed by atoms with Gasteiger partial charge < -0.3 is 0 Å². The largest absolute Gasteiger partial charge is 0.192 e. The van der Waals surface area contributed by atoms with Crippen molar-refractivity contribution in [3.8, 4) is 6.07 Å². The van der Waals surface area contributed by atoms with Crippen molar-refractivity contribution in [2.75, 3.05) is 0 Å². The van der Waals surface area contributed by atoms with Gasteiger partial charge in [0.05, 0.1) is 0 Å². The Morgan fingerprint density at radius 2 is 1.78 bits per heavy atom. The minimum absolute atomic E-state index is 0.208. The minimum atomic E-state index is 0.208. The summed E-state index contributed by atoms with van der Waals surface area (Å²) in [6, 6.07) is 6.76. The normalized spacial score (nSPS) is 13.8. The third-order valence-corrected chi connectivity index (χ3v) is 6.30. The van der Waals surface area contributed by atoms with Crippen LogP contribution >= 0.6 is 0 Å². The highest BCUT2D eigenvalue weighted by molar-refractivity contribution is 5.79. The van der Waals surface area contributed by atoms with Gasteiger partial charge >= 0.3 is 0 Å². The smallest absolute Gasteiger partial charge is 0.108 e. The number of benzene rings is 1. The summed E-state index contributed by atoms with van der Waals surface area (Å²) < 4.78 is 0. The van der Waals surface area contributed by atoms with Crippen molar-refractivity contribution < 1.29 is 0 Å². The SMILES string of the molecule is C=C=C(C#N)/C(=C/C)C(=C)/C=C(\C)c1cc(C)c(/C(C=C)=C/C)cc1CC(C)C(C)(C)C. The van der Waals surface area contributed by atoms with Crippen LogP contribution in [0.3, 0.4) is 0 Å². The Balaban J connectivity index is 3.69. The van der Waals surface area contributed by atoms with Crippen LogP contribution in [0.5, 0.6) is 0 Å². The first-order chi connectivity index (χ1) is 14.9. The zero-order chi connectivity index (χ0) is 24.6. The maximum absolute atomic E-state index is 9.41. The summed E-state index contributed by atoms with van der Waals surface area (Å²) in [6.45, 7) is 29.3. The summed E-state index contributed by atoms with van der Waals surface area (Å²) in [7, 11) is 0. The third-order valence-electron chi connectivity index (χ3n) is 6.30. The molecular formula is C31H39N.